The first kappa shape index (κ1) is 12.3. The van der Waals surface area contributed by atoms with Crippen molar-refractivity contribution in [1.82, 2.24) is 10.2 Å². The molecular weight excluding hydrogens is 234 g/mol. The Bertz CT molecular complexity index is 475. The van der Waals surface area contributed by atoms with Crippen LogP contribution in [0.5, 0.6) is 0 Å². The molecule has 1 aliphatic rings. The van der Waals surface area contributed by atoms with Gasteiger partial charge in [0, 0.05) is 24.2 Å². The van der Waals surface area contributed by atoms with Gasteiger partial charge in [0.05, 0.1) is 11.5 Å². The minimum atomic E-state index is -0.417. The number of nitro groups is 1. The number of benzene rings is 1. The lowest BCUT2D eigenvalue weighted by Gasteiger charge is -2.31. The van der Waals surface area contributed by atoms with E-state index in [1.165, 1.54) is 6.07 Å². The van der Waals surface area contributed by atoms with E-state index in [4.69, 9.17) is 0 Å². The minimum Gasteiger partial charge on any atom is -0.335 e. The third-order valence-electron chi connectivity index (χ3n) is 3.04. The predicted octanol–water partition coefficient (Wildman–Crippen LogP) is 1.90. The number of hydrogen-bond donors (Lipinski definition) is 1. The van der Waals surface area contributed by atoms with Gasteiger partial charge in [-0.1, -0.05) is 18.2 Å². The second kappa shape index (κ2) is 5.03. The molecule has 1 aromatic rings. The molecule has 1 aromatic carbocycles. The molecule has 0 saturated carbocycles. The first-order chi connectivity index (χ1) is 8.58. The van der Waals surface area contributed by atoms with Gasteiger partial charge in [-0.05, 0) is 13.3 Å². The van der Waals surface area contributed by atoms with Crippen molar-refractivity contribution in [3.8, 4) is 0 Å². The summed E-state index contributed by atoms with van der Waals surface area (Å²) in [7, 11) is 0. The van der Waals surface area contributed by atoms with Crippen molar-refractivity contribution in [2.45, 2.75) is 25.9 Å². The van der Waals surface area contributed by atoms with Gasteiger partial charge in [0.2, 0.25) is 0 Å². The smallest absolute Gasteiger partial charge is 0.317 e. The molecule has 1 fully saturated rings. The number of rotatable bonds is 3. The SMILES string of the molecule is CC1CCN(Cc2ccccc2[N+](=O)[O-])C(=O)N1. The fourth-order valence-corrected chi connectivity index (χ4v) is 2.00. The van der Waals surface area contributed by atoms with E-state index in [-0.39, 0.29) is 24.3 Å². The van der Waals surface area contributed by atoms with Crippen molar-refractivity contribution in [1.29, 1.82) is 0 Å². The zero-order valence-electron chi connectivity index (χ0n) is 10.1. The summed E-state index contributed by atoms with van der Waals surface area (Å²) in [5, 5.41) is 13.7. The zero-order chi connectivity index (χ0) is 13.1. The summed E-state index contributed by atoms with van der Waals surface area (Å²) in [5.74, 6) is 0. The Kier molecular flexibility index (Phi) is 3.45. The van der Waals surface area contributed by atoms with Crippen molar-refractivity contribution in [3.63, 3.8) is 0 Å². The Balaban J connectivity index is 2.14. The largest absolute Gasteiger partial charge is 0.335 e. The summed E-state index contributed by atoms with van der Waals surface area (Å²) in [6.07, 6.45) is 0.854. The van der Waals surface area contributed by atoms with Crippen molar-refractivity contribution < 1.29 is 9.72 Å². The second-order valence-electron chi connectivity index (χ2n) is 4.45. The molecule has 1 atom stereocenters. The fourth-order valence-electron chi connectivity index (χ4n) is 2.00. The number of nitrogens with zero attached hydrogens (tertiary/aromatic N) is 2. The zero-order valence-corrected chi connectivity index (χ0v) is 10.1. The van der Waals surface area contributed by atoms with Gasteiger partial charge in [-0.25, -0.2) is 4.79 Å². The summed E-state index contributed by atoms with van der Waals surface area (Å²) in [6, 6.07) is 6.52. The first-order valence-electron chi connectivity index (χ1n) is 5.85. The number of carbonyl (C=O) groups is 1. The standard InChI is InChI=1S/C12H15N3O3/c1-9-6-7-14(12(16)13-9)8-10-4-2-3-5-11(10)15(17)18/h2-5,9H,6-8H2,1H3,(H,13,16). The van der Waals surface area contributed by atoms with Crippen LogP contribution in [0.4, 0.5) is 10.5 Å². The molecule has 1 heterocycles. The molecule has 1 aliphatic heterocycles. The molecular formula is C12H15N3O3. The van der Waals surface area contributed by atoms with Crippen molar-refractivity contribution in [2.24, 2.45) is 0 Å². The maximum atomic E-state index is 11.7. The monoisotopic (exact) mass is 249 g/mol. The Morgan fingerprint density at radius 1 is 1.50 bits per heavy atom. The molecule has 96 valence electrons. The lowest BCUT2D eigenvalue weighted by Crippen LogP contribution is -2.50. The van der Waals surface area contributed by atoms with Crippen molar-refractivity contribution >= 4 is 11.7 Å². The van der Waals surface area contributed by atoms with E-state index in [0.29, 0.717) is 12.1 Å². The van der Waals surface area contributed by atoms with Crippen LogP contribution in [0.25, 0.3) is 0 Å². The lowest BCUT2D eigenvalue weighted by atomic mass is 10.1. The van der Waals surface area contributed by atoms with Crippen LogP contribution < -0.4 is 5.32 Å². The van der Waals surface area contributed by atoms with Crippen LogP contribution in [-0.2, 0) is 6.54 Å². The van der Waals surface area contributed by atoms with Gasteiger partial charge >= 0.3 is 6.03 Å². The average Bonchev–Trinajstić information content (AvgIpc) is 2.33. The third kappa shape index (κ3) is 2.58. The molecule has 1 saturated heterocycles. The van der Waals surface area contributed by atoms with Crippen LogP contribution in [0.1, 0.15) is 18.9 Å². The molecule has 0 spiro atoms. The highest BCUT2D eigenvalue weighted by molar-refractivity contribution is 5.75. The molecule has 0 bridgehead atoms. The highest BCUT2D eigenvalue weighted by Crippen LogP contribution is 2.20. The van der Waals surface area contributed by atoms with Gasteiger partial charge < -0.3 is 10.2 Å². The van der Waals surface area contributed by atoms with E-state index in [0.717, 1.165) is 6.42 Å². The Labute approximate surface area is 105 Å². The van der Waals surface area contributed by atoms with E-state index >= 15 is 0 Å². The molecule has 2 rings (SSSR count). The summed E-state index contributed by atoms with van der Waals surface area (Å²) >= 11 is 0. The normalized spacial score (nSPS) is 19.5. The number of urea groups is 1. The van der Waals surface area contributed by atoms with Crippen LogP contribution in [0.15, 0.2) is 24.3 Å². The molecule has 0 radical (unpaired) electrons. The van der Waals surface area contributed by atoms with Crippen molar-refractivity contribution in [2.75, 3.05) is 6.54 Å². The van der Waals surface area contributed by atoms with E-state index in [1.807, 2.05) is 6.92 Å². The lowest BCUT2D eigenvalue weighted by molar-refractivity contribution is -0.385. The Morgan fingerprint density at radius 3 is 2.89 bits per heavy atom. The maximum Gasteiger partial charge on any atom is 0.317 e. The van der Waals surface area contributed by atoms with E-state index in [9.17, 15) is 14.9 Å². The molecule has 0 aliphatic carbocycles. The van der Waals surface area contributed by atoms with Gasteiger partial charge in [0.15, 0.2) is 0 Å². The number of nitrogens with one attached hydrogen (secondary N) is 1. The summed E-state index contributed by atoms with van der Waals surface area (Å²) in [4.78, 5) is 23.8. The number of carbonyl (C=O) groups excluding carboxylic acids is 1. The number of hydrogen-bond acceptors (Lipinski definition) is 3. The van der Waals surface area contributed by atoms with Gasteiger partial charge in [-0.2, -0.15) is 0 Å². The fraction of sp³-hybridized carbons (Fsp3) is 0.417. The highest BCUT2D eigenvalue weighted by atomic mass is 16.6. The average molecular weight is 249 g/mol. The van der Waals surface area contributed by atoms with Crippen LogP contribution in [0.3, 0.4) is 0 Å². The van der Waals surface area contributed by atoms with Crippen LogP contribution >= 0.6 is 0 Å². The van der Waals surface area contributed by atoms with Crippen molar-refractivity contribution in [3.05, 3.63) is 39.9 Å². The van der Waals surface area contributed by atoms with Gasteiger partial charge in [0.25, 0.3) is 5.69 Å². The van der Waals surface area contributed by atoms with Crippen LogP contribution in [-0.4, -0.2) is 28.4 Å². The first-order valence-corrected chi connectivity index (χ1v) is 5.85. The molecule has 0 aromatic heterocycles. The Hall–Kier alpha value is -2.11. The summed E-state index contributed by atoms with van der Waals surface area (Å²) in [6.45, 7) is 2.84. The Morgan fingerprint density at radius 2 is 2.22 bits per heavy atom. The van der Waals surface area contributed by atoms with Crippen LogP contribution in [0, 0.1) is 10.1 Å². The quantitative estimate of drug-likeness (QED) is 0.656. The van der Waals surface area contributed by atoms with Gasteiger partial charge in [-0.3, -0.25) is 10.1 Å². The molecule has 1 unspecified atom stereocenters. The molecule has 18 heavy (non-hydrogen) atoms. The summed E-state index contributed by atoms with van der Waals surface area (Å²) in [5.41, 5.74) is 0.621. The second-order valence-corrected chi connectivity index (χ2v) is 4.45. The summed E-state index contributed by atoms with van der Waals surface area (Å²) < 4.78 is 0. The van der Waals surface area contributed by atoms with Crippen LogP contribution in [0.2, 0.25) is 0 Å². The molecule has 1 N–H and O–H groups in total. The number of amides is 2. The maximum absolute atomic E-state index is 11.7. The topological polar surface area (TPSA) is 75.5 Å². The van der Waals surface area contributed by atoms with Gasteiger partial charge in [0.1, 0.15) is 0 Å². The van der Waals surface area contributed by atoms with E-state index in [1.54, 1.807) is 23.1 Å². The molecule has 2 amide bonds. The highest BCUT2D eigenvalue weighted by Gasteiger charge is 2.24. The van der Waals surface area contributed by atoms with E-state index < -0.39 is 4.92 Å². The third-order valence-corrected chi connectivity index (χ3v) is 3.04. The van der Waals surface area contributed by atoms with Gasteiger partial charge in [-0.15, -0.1) is 0 Å². The molecule has 6 heteroatoms. The minimum absolute atomic E-state index is 0.0592. The molecule has 6 nitrogen and oxygen atoms in total. The number of para-hydroxylation sites is 1. The predicted molar refractivity (Wildman–Crippen MR) is 66.1 cm³/mol. The number of nitro benzene ring substituents is 1. The van der Waals surface area contributed by atoms with E-state index in [2.05, 4.69) is 5.32 Å².